The van der Waals surface area contributed by atoms with Gasteiger partial charge in [-0.05, 0) is 31.0 Å². The van der Waals surface area contributed by atoms with Crippen LogP contribution >= 0.6 is 0 Å². The van der Waals surface area contributed by atoms with E-state index in [1.165, 1.54) is 13.3 Å². The Balaban J connectivity index is 1.93. The van der Waals surface area contributed by atoms with Gasteiger partial charge in [-0.1, -0.05) is 25.3 Å². The van der Waals surface area contributed by atoms with Crippen LogP contribution in [0.1, 0.15) is 39.0 Å². The van der Waals surface area contributed by atoms with Gasteiger partial charge in [0.1, 0.15) is 0 Å². The molecule has 1 aromatic rings. The van der Waals surface area contributed by atoms with Crippen molar-refractivity contribution in [3.63, 3.8) is 0 Å². The molecule has 0 bridgehead atoms. The molecule has 4 nitrogen and oxygen atoms in total. The topological polar surface area (TPSA) is 61.4 Å². The maximum Gasteiger partial charge on any atom is 0.221 e. The number of hydrogen-bond acceptors (Lipinski definition) is 3. The predicted molar refractivity (Wildman–Crippen MR) is 77.3 cm³/mol. The molecular weight excluding hydrogens is 240 g/mol. The number of benzene rings is 1. The van der Waals surface area contributed by atoms with E-state index in [1.807, 2.05) is 24.3 Å². The molecule has 1 aromatic carbocycles. The lowest BCUT2D eigenvalue weighted by Crippen LogP contribution is -2.38. The molecule has 3 N–H and O–H groups in total. The summed E-state index contributed by atoms with van der Waals surface area (Å²) in [5.74, 6) is -0.0805. The zero-order valence-electron chi connectivity index (χ0n) is 11.4. The van der Waals surface area contributed by atoms with E-state index < -0.39 is 5.60 Å². The number of hydrogen-bond donors (Lipinski definition) is 3. The number of anilines is 2. The molecular formula is C15H22N2O2. The summed E-state index contributed by atoms with van der Waals surface area (Å²) in [6, 6.07) is 7.56. The molecule has 104 valence electrons. The van der Waals surface area contributed by atoms with Crippen LogP contribution in [0.25, 0.3) is 0 Å². The van der Waals surface area contributed by atoms with Gasteiger partial charge < -0.3 is 15.7 Å². The Morgan fingerprint density at radius 2 is 1.95 bits per heavy atom. The molecule has 0 radical (unpaired) electrons. The minimum atomic E-state index is -0.581. The zero-order chi connectivity index (χ0) is 13.7. The fourth-order valence-electron chi connectivity index (χ4n) is 2.56. The lowest BCUT2D eigenvalue weighted by molar-refractivity contribution is -0.114. The molecule has 0 unspecified atom stereocenters. The van der Waals surface area contributed by atoms with Crippen molar-refractivity contribution in [2.45, 2.75) is 44.6 Å². The van der Waals surface area contributed by atoms with Crippen molar-refractivity contribution >= 4 is 17.3 Å². The van der Waals surface area contributed by atoms with Crippen LogP contribution < -0.4 is 10.6 Å². The summed E-state index contributed by atoms with van der Waals surface area (Å²) >= 11 is 0. The minimum absolute atomic E-state index is 0.0805. The molecule has 0 saturated heterocycles. The van der Waals surface area contributed by atoms with Gasteiger partial charge in [0, 0.05) is 24.8 Å². The molecule has 2 rings (SSSR count). The Labute approximate surface area is 114 Å². The van der Waals surface area contributed by atoms with E-state index in [-0.39, 0.29) is 5.91 Å². The summed E-state index contributed by atoms with van der Waals surface area (Å²) in [5, 5.41) is 16.4. The highest BCUT2D eigenvalue weighted by molar-refractivity contribution is 5.89. The SMILES string of the molecule is CC(=O)Nc1cccc(NCC2(O)CCCCC2)c1. The molecule has 4 heteroatoms. The van der Waals surface area contributed by atoms with Gasteiger partial charge >= 0.3 is 0 Å². The van der Waals surface area contributed by atoms with Crippen LogP contribution in [0.2, 0.25) is 0 Å². The van der Waals surface area contributed by atoms with Crippen molar-refractivity contribution in [2.24, 2.45) is 0 Å². The van der Waals surface area contributed by atoms with Crippen molar-refractivity contribution in [1.82, 2.24) is 0 Å². The van der Waals surface area contributed by atoms with Gasteiger partial charge in [-0.25, -0.2) is 0 Å². The summed E-state index contributed by atoms with van der Waals surface area (Å²) in [6.07, 6.45) is 5.16. The third-order valence-corrected chi connectivity index (χ3v) is 3.59. The first-order valence-corrected chi connectivity index (χ1v) is 6.91. The number of aliphatic hydroxyl groups is 1. The molecule has 0 aliphatic heterocycles. The van der Waals surface area contributed by atoms with Gasteiger partial charge in [-0.15, -0.1) is 0 Å². The maximum absolute atomic E-state index is 11.0. The highest BCUT2D eigenvalue weighted by atomic mass is 16.3. The van der Waals surface area contributed by atoms with E-state index in [0.29, 0.717) is 6.54 Å². The number of rotatable bonds is 4. The van der Waals surface area contributed by atoms with Crippen molar-refractivity contribution in [3.05, 3.63) is 24.3 Å². The quantitative estimate of drug-likeness (QED) is 0.782. The lowest BCUT2D eigenvalue weighted by atomic mass is 9.85. The maximum atomic E-state index is 11.0. The lowest BCUT2D eigenvalue weighted by Gasteiger charge is -2.32. The molecule has 1 aliphatic carbocycles. The van der Waals surface area contributed by atoms with E-state index in [2.05, 4.69) is 10.6 Å². The Morgan fingerprint density at radius 1 is 1.26 bits per heavy atom. The van der Waals surface area contributed by atoms with E-state index in [1.54, 1.807) is 0 Å². The minimum Gasteiger partial charge on any atom is -0.388 e. The predicted octanol–water partition coefficient (Wildman–Crippen LogP) is 2.75. The summed E-state index contributed by atoms with van der Waals surface area (Å²) in [5.41, 5.74) is 1.11. The Bertz CT molecular complexity index is 440. The van der Waals surface area contributed by atoms with Crippen molar-refractivity contribution in [2.75, 3.05) is 17.2 Å². The number of carbonyl (C=O) groups is 1. The van der Waals surface area contributed by atoms with Gasteiger partial charge in [-0.2, -0.15) is 0 Å². The summed E-state index contributed by atoms with van der Waals surface area (Å²) < 4.78 is 0. The highest BCUT2D eigenvalue weighted by Crippen LogP contribution is 2.28. The second-order valence-corrected chi connectivity index (χ2v) is 5.40. The first-order chi connectivity index (χ1) is 9.07. The molecule has 0 atom stereocenters. The molecule has 1 amide bonds. The number of carbonyl (C=O) groups excluding carboxylic acids is 1. The van der Waals surface area contributed by atoms with Gasteiger partial charge in [0.25, 0.3) is 0 Å². The van der Waals surface area contributed by atoms with Gasteiger partial charge in [0.15, 0.2) is 0 Å². The van der Waals surface area contributed by atoms with Gasteiger partial charge in [-0.3, -0.25) is 4.79 Å². The van der Waals surface area contributed by atoms with Crippen LogP contribution in [-0.4, -0.2) is 23.2 Å². The van der Waals surface area contributed by atoms with Crippen molar-refractivity contribution in [3.8, 4) is 0 Å². The van der Waals surface area contributed by atoms with Crippen LogP contribution in [0, 0.1) is 0 Å². The summed E-state index contributed by atoms with van der Waals surface area (Å²) in [4.78, 5) is 11.0. The van der Waals surface area contributed by atoms with E-state index >= 15 is 0 Å². The first kappa shape index (κ1) is 13.9. The molecule has 1 saturated carbocycles. The number of nitrogens with one attached hydrogen (secondary N) is 2. The molecule has 0 aromatic heterocycles. The van der Waals surface area contributed by atoms with Crippen LogP contribution in [0.4, 0.5) is 11.4 Å². The van der Waals surface area contributed by atoms with E-state index in [9.17, 15) is 9.90 Å². The van der Waals surface area contributed by atoms with Crippen LogP contribution in [0.3, 0.4) is 0 Å². The van der Waals surface area contributed by atoms with Crippen molar-refractivity contribution < 1.29 is 9.90 Å². The normalized spacial score (nSPS) is 17.8. The molecule has 1 fully saturated rings. The molecule has 0 heterocycles. The average molecular weight is 262 g/mol. The third kappa shape index (κ3) is 4.24. The second-order valence-electron chi connectivity index (χ2n) is 5.40. The van der Waals surface area contributed by atoms with Gasteiger partial charge in [0.05, 0.1) is 5.60 Å². The van der Waals surface area contributed by atoms with Gasteiger partial charge in [0.2, 0.25) is 5.91 Å². The Kier molecular flexibility index (Phi) is 4.43. The highest BCUT2D eigenvalue weighted by Gasteiger charge is 2.28. The number of amides is 1. The smallest absolute Gasteiger partial charge is 0.221 e. The van der Waals surface area contributed by atoms with Crippen LogP contribution in [0.5, 0.6) is 0 Å². The Hall–Kier alpha value is -1.55. The van der Waals surface area contributed by atoms with Crippen LogP contribution in [-0.2, 0) is 4.79 Å². The molecule has 1 aliphatic rings. The summed E-state index contributed by atoms with van der Waals surface area (Å²) in [6.45, 7) is 2.06. The Morgan fingerprint density at radius 3 is 2.63 bits per heavy atom. The fourth-order valence-corrected chi connectivity index (χ4v) is 2.56. The average Bonchev–Trinajstić information content (AvgIpc) is 2.37. The standard InChI is InChI=1S/C15H22N2O2/c1-12(18)17-14-7-5-6-13(10-14)16-11-15(19)8-3-2-4-9-15/h5-7,10,16,19H,2-4,8-9,11H2,1H3,(H,17,18). The zero-order valence-corrected chi connectivity index (χ0v) is 11.4. The van der Waals surface area contributed by atoms with Crippen LogP contribution in [0.15, 0.2) is 24.3 Å². The largest absolute Gasteiger partial charge is 0.388 e. The van der Waals surface area contributed by atoms with E-state index in [4.69, 9.17) is 0 Å². The van der Waals surface area contributed by atoms with Crippen molar-refractivity contribution in [1.29, 1.82) is 0 Å². The first-order valence-electron chi connectivity index (χ1n) is 6.91. The monoisotopic (exact) mass is 262 g/mol. The molecule has 19 heavy (non-hydrogen) atoms. The second kappa shape index (κ2) is 6.06. The molecule has 0 spiro atoms. The van der Waals surface area contributed by atoms with E-state index in [0.717, 1.165) is 37.1 Å². The summed E-state index contributed by atoms with van der Waals surface area (Å²) in [7, 11) is 0. The fraction of sp³-hybridized carbons (Fsp3) is 0.533. The third-order valence-electron chi connectivity index (χ3n) is 3.59.